The summed E-state index contributed by atoms with van der Waals surface area (Å²) in [5.74, 6) is 0. The molecule has 55 valence electrons. The van der Waals surface area contributed by atoms with Gasteiger partial charge >= 0.3 is 0 Å². The summed E-state index contributed by atoms with van der Waals surface area (Å²) in [6.45, 7) is 6.72. The van der Waals surface area contributed by atoms with Crippen LogP contribution in [0.3, 0.4) is 0 Å². The van der Waals surface area contributed by atoms with Crippen LogP contribution in [0.15, 0.2) is 15.0 Å². The largest absolute Gasteiger partial charge is 0.462 e. The highest BCUT2D eigenvalue weighted by molar-refractivity contribution is 9.10. The molecule has 1 rings (SSSR count). The molecule has 3 heteroatoms. The van der Waals surface area contributed by atoms with Crippen molar-refractivity contribution in [2.75, 3.05) is 0 Å². The molecule has 0 aliphatic rings. The van der Waals surface area contributed by atoms with Crippen molar-refractivity contribution >= 4 is 29.4 Å². The zero-order valence-electron chi connectivity index (χ0n) is 6.36. The summed E-state index contributed by atoms with van der Waals surface area (Å²) in [5.41, 5.74) is 0. The van der Waals surface area contributed by atoms with Crippen LogP contribution in [0.5, 0.6) is 0 Å². The van der Waals surface area contributed by atoms with Crippen LogP contribution in [-0.2, 0) is 0 Å². The zero-order chi connectivity index (χ0) is 7.78. The molecule has 0 fully saturated rings. The van der Waals surface area contributed by atoms with Gasteiger partial charge < -0.3 is 4.42 Å². The van der Waals surface area contributed by atoms with Gasteiger partial charge in [-0.1, -0.05) is 19.6 Å². The van der Waals surface area contributed by atoms with Gasteiger partial charge in [0.2, 0.25) is 0 Å². The molecule has 0 aromatic carbocycles. The first kappa shape index (κ1) is 8.08. The number of halogens is 1. The lowest BCUT2D eigenvalue weighted by Crippen LogP contribution is -2.37. The van der Waals surface area contributed by atoms with Crippen LogP contribution in [0, 0.1) is 6.26 Å². The quantitative estimate of drug-likeness (QED) is 0.659. The minimum atomic E-state index is -1.27. The Labute approximate surface area is 70.6 Å². The average molecular weight is 218 g/mol. The fourth-order valence-corrected chi connectivity index (χ4v) is 3.88. The molecule has 0 saturated heterocycles. The molecule has 0 spiro atoms. The Hall–Kier alpha value is -0.0231. The molecule has 0 aliphatic carbocycles. The van der Waals surface area contributed by atoms with Crippen LogP contribution in [0.2, 0.25) is 19.6 Å². The normalized spacial score (nSPS) is 12.0. The van der Waals surface area contributed by atoms with Gasteiger partial charge in [0, 0.05) is 6.07 Å². The first-order valence-corrected chi connectivity index (χ1v) is 7.47. The highest BCUT2D eigenvalue weighted by Crippen LogP contribution is 2.12. The molecular weight excluding hydrogens is 208 g/mol. The fourth-order valence-electron chi connectivity index (χ4n) is 0.766. The van der Waals surface area contributed by atoms with E-state index in [1.54, 1.807) is 0 Å². The van der Waals surface area contributed by atoms with E-state index < -0.39 is 8.07 Å². The molecule has 1 aromatic rings. The Morgan fingerprint density at radius 2 is 2.10 bits per heavy atom. The molecule has 0 atom stereocenters. The van der Waals surface area contributed by atoms with E-state index in [0.717, 1.165) is 9.86 Å². The Balaban J connectivity index is 3.05. The van der Waals surface area contributed by atoms with E-state index in [4.69, 9.17) is 4.42 Å². The minimum absolute atomic E-state index is 1.06. The second-order valence-corrected chi connectivity index (χ2v) is 9.10. The van der Waals surface area contributed by atoms with Crippen molar-refractivity contribution in [3.8, 4) is 0 Å². The van der Waals surface area contributed by atoms with E-state index in [2.05, 4.69) is 41.8 Å². The zero-order valence-corrected chi connectivity index (χ0v) is 8.95. The van der Waals surface area contributed by atoms with E-state index in [1.165, 1.54) is 0 Å². The standard InChI is InChI=1S/C7H10BrOSi/c1-10(2,3)7-6(8)4-5-9-7/h4H,1-3H3. The molecule has 0 saturated carbocycles. The monoisotopic (exact) mass is 217 g/mol. The van der Waals surface area contributed by atoms with Gasteiger partial charge in [-0.25, -0.2) is 0 Å². The molecule has 1 nitrogen and oxygen atoms in total. The molecule has 0 N–H and O–H groups in total. The van der Waals surface area contributed by atoms with Crippen LogP contribution < -0.4 is 5.38 Å². The van der Waals surface area contributed by atoms with Crippen molar-refractivity contribution in [1.29, 1.82) is 0 Å². The van der Waals surface area contributed by atoms with Gasteiger partial charge in [-0.05, 0) is 15.9 Å². The predicted octanol–water partition coefficient (Wildman–Crippen LogP) is 2.39. The molecule has 1 aromatic heterocycles. The molecule has 0 amide bonds. The van der Waals surface area contributed by atoms with Gasteiger partial charge in [-0.2, -0.15) is 0 Å². The first-order chi connectivity index (χ1) is 4.52. The predicted molar refractivity (Wildman–Crippen MR) is 48.2 cm³/mol. The molecule has 0 aliphatic heterocycles. The van der Waals surface area contributed by atoms with Gasteiger partial charge in [0.25, 0.3) is 0 Å². The molecule has 10 heavy (non-hydrogen) atoms. The maximum Gasteiger partial charge on any atom is 0.170 e. The third-order valence-electron chi connectivity index (χ3n) is 1.24. The minimum Gasteiger partial charge on any atom is -0.462 e. The second kappa shape index (κ2) is 2.55. The molecule has 0 bridgehead atoms. The second-order valence-electron chi connectivity index (χ2n) is 3.29. The topological polar surface area (TPSA) is 13.1 Å². The average Bonchev–Trinajstić information content (AvgIpc) is 2.11. The van der Waals surface area contributed by atoms with Gasteiger partial charge in [0.05, 0.1) is 9.86 Å². The summed E-state index contributed by atoms with van der Waals surface area (Å²) in [6.07, 6.45) is 2.72. The highest BCUT2D eigenvalue weighted by Gasteiger charge is 2.22. The number of hydrogen-bond donors (Lipinski definition) is 0. The van der Waals surface area contributed by atoms with Crippen molar-refractivity contribution in [2.45, 2.75) is 19.6 Å². The van der Waals surface area contributed by atoms with Crippen molar-refractivity contribution in [1.82, 2.24) is 0 Å². The Kier molecular flexibility index (Phi) is 2.06. The van der Waals surface area contributed by atoms with Gasteiger partial charge in [0.15, 0.2) is 6.26 Å². The number of furan rings is 1. The lowest BCUT2D eigenvalue weighted by atomic mass is 10.7. The maximum absolute atomic E-state index is 5.22. The van der Waals surface area contributed by atoms with Crippen LogP contribution in [-0.4, -0.2) is 8.07 Å². The van der Waals surface area contributed by atoms with Crippen molar-refractivity contribution in [3.05, 3.63) is 16.8 Å². The van der Waals surface area contributed by atoms with Crippen LogP contribution in [0.4, 0.5) is 0 Å². The Bertz CT molecular complexity index is 224. The molecule has 0 unspecified atom stereocenters. The third kappa shape index (κ3) is 1.52. The van der Waals surface area contributed by atoms with Crippen LogP contribution >= 0.6 is 15.9 Å². The van der Waals surface area contributed by atoms with Gasteiger partial charge in [-0.3, -0.25) is 0 Å². The van der Waals surface area contributed by atoms with E-state index in [0.29, 0.717) is 0 Å². The SMILES string of the molecule is C[Si](C)(C)c1o[c]cc1Br. The van der Waals surface area contributed by atoms with Crippen molar-refractivity contribution in [3.63, 3.8) is 0 Å². The van der Waals surface area contributed by atoms with Gasteiger partial charge in [0.1, 0.15) is 8.07 Å². The third-order valence-corrected chi connectivity index (χ3v) is 3.93. The smallest absolute Gasteiger partial charge is 0.170 e. The molecule has 1 radical (unpaired) electrons. The molecular formula is C7H10BrOSi. The van der Waals surface area contributed by atoms with Gasteiger partial charge in [-0.15, -0.1) is 0 Å². The first-order valence-electron chi connectivity index (χ1n) is 3.17. The van der Waals surface area contributed by atoms with E-state index in [9.17, 15) is 0 Å². The summed E-state index contributed by atoms with van der Waals surface area (Å²) in [4.78, 5) is 0. The number of hydrogen-bond acceptors (Lipinski definition) is 1. The van der Waals surface area contributed by atoms with Crippen molar-refractivity contribution < 1.29 is 4.42 Å². The lowest BCUT2D eigenvalue weighted by Gasteiger charge is -2.11. The van der Waals surface area contributed by atoms with Crippen molar-refractivity contribution in [2.24, 2.45) is 0 Å². The summed E-state index contributed by atoms with van der Waals surface area (Å²) in [5, 5.41) is 1.09. The lowest BCUT2D eigenvalue weighted by molar-refractivity contribution is 0.587. The highest BCUT2D eigenvalue weighted by atomic mass is 79.9. The summed E-state index contributed by atoms with van der Waals surface area (Å²) < 4.78 is 6.28. The summed E-state index contributed by atoms with van der Waals surface area (Å²) >= 11 is 3.41. The van der Waals surface area contributed by atoms with Crippen LogP contribution in [0.25, 0.3) is 0 Å². The fraction of sp³-hybridized carbons (Fsp3) is 0.429. The summed E-state index contributed by atoms with van der Waals surface area (Å²) in [6, 6.07) is 1.83. The van der Waals surface area contributed by atoms with E-state index in [-0.39, 0.29) is 0 Å². The Morgan fingerprint density at radius 3 is 2.30 bits per heavy atom. The summed E-state index contributed by atoms with van der Waals surface area (Å²) in [7, 11) is -1.27. The maximum atomic E-state index is 5.22. The Morgan fingerprint density at radius 1 is 1.50 bits per heavy atom. The number of rotatable bonds is 1. The molecule has 1 heterocycles. The van der Waals surface area contributed by atoms with Crippen LogP contribution in [0.1, 0.15) is 0 Å². The van der Waals surface area contributed by atoms with E-state index >= 15 is 0 Å². The van der Waals surface area contributed by atoms with E-state index in [1.807, 2.05) is 6.07 Å².